The zero-order valence-corrected chi connectivity index (χ0v) is 12.8. The Labute approximate surface area is 124 Å². The molecule has 0 unspecified atom stereocenters. The fraction of sp³-hybridized carbons (Fsp3) is 0.462. The second-order valence-corrected chi connectivity index (χ2v) is 6.08. The molecule has 21 heavy (non-hydrogen) atoms. The molecule has 118 valence electrons. The van der Waals surface area contributed by atoms with Gasteiger partial charge in [0.2, 0.25) is 10.0 Å². The lowest BCUT2D eigenvalue weighted by Gasteiger charge is -2.21. The van der Waals surface area contributed by atoms with Crippen molar-refractivity contribution in [3.05, 3.63) is 29.8 Å². The number of nitrogens with zero attached hydrogens (tertiary/aromatic N) is 1. The molecule has 0 atom stereocenters. The summed E-state index contributed by atoms with van der Waals surface area (Å²) in [6.45, 7) is -0.0362. The summed E-state index contributed by atoms with van der Waals surface area (Å²) in [7, 11) is -1.13. The summed E-state index contributed by atoms with van der Waals surface area (Å²) >= 11 is 0. The van der Waals surface area contributed by atoms with Gasteiger partial charge in [0.15, 0.2) is 0 Å². The van der Waals surface area contributed by atoms with Crippen LogP contribution >= 0.6 is 0 Å². The van der Waals surface area contributed by atoms with Crippen LogP contribution in [0.3, 0.4) is 0 Å². The van der Waals surface area contributed by atoms with Gasteiger partial charge >= 0.3 is 5.97 Å². The number of aliphatic hydroxyl groups is 1. The summed E-state index contributed by atoms with van der Waals surface area (Å²) in [5, 5.41) is 9.01. The highest BCUT2D eigenvalue weighted by Gasteiger charge is 2.24. The Hall–Kier alpha value is -1.48. The van der Waals surface area contributed by atoms with Crippen LogP contribution in [0.2, 0.25) is 0 Å². The number of methoxy groups -OCH3 is 2. The van der Waals surface area contributed by atoms with Gasteiger partial charge in [0.05, 0.1) is 30.8 Å². The van der Waals surface area contributed by atoms with Crippen LogP contribution in [0, 0.1) is 0 Å². The third kappa shape index (κ3) is 4.50. The summed E-state index contributed by atoms with van der Waals surface area (Å²) in [5.41, 5.74) is 0.147. The molecule has 1 rings (SSSR count). The molecule has 0 saturated heterocycles. The van der Waals surface area contributed by atoms with E-state index >= 15 is 0 Å². The lowest BCUT2D eigenvalue weighted by atomic mass is 10.2. The first-order chi connectivity index (χ1) is 9.97. The highest BCUT2D eigenvalue weighted by molar-refractivity contribution is 7.89. The molecule has 0 heterocycles. The van der Waals surface area contributed by atoms with Crippen molar-refractivity contribution in [3.63, 3.8) is 0 Å². The van der Waals surface area contributed by atoms with Gasteiger partial charge in [0.1, 0.15) is 0 Å². The minimum atomic E-state index is -3.81. The van der Waals surface area contributed by atoms with E-state index in [2.05, 4.69) is 4.74 Å². The summed E-state index contributed by atoms with van der Waals surface area (Å²) in [6.07, 6.45) is 0. The van der Waals surface area contributed by atoms with Crippen LogP contribution in [0.25, 0.3) is 0 Å². The topological polar surface area (TPSA) is 93.1 Å². The molecule has 1 N–H and O–H groups in total. The Balaban J connectivity index is 3.12. The maximum absolute atomic E-state index is 12.5. The molecule has 0 aliphatic carbocycles. The van der Waals surface area contributed by atoms with E-state index in [0.717, 1.165) is 4.31 Å². The molecule has 0 aliphatic rings. The molecule has 0 spiro atoms. The fourth-order valence-electron chi connectivity index (χ4n) is 1.71. The summed E-state index contributed by atoms with van der Waals surface area (Å²) in [5.74, 6) is -0.613. The van der Waals surface area contributed by atoms with Crippen LogP contribution in [-0.4, -0.2) is 64.3 Å². The van der Waals surface area contributed by atoms with Crippen LogP contribution in [-0.2, 0) is 19.5 Å². The van der Waals surface area contributed by atoms with Crippen LogP contribution in [0.5, 0.6) is 0 Å². The Bertz CT molecular complexity index is 572. The van der Waals surface area contributed by atoms with Crippen LogP contribution < -0.4 is 0 Å². The molecule has 1 aromatic carbocycles. The van der Waals surface area contributed by atoms with Crippen molar-refractivity contribution in [2.24, 2.45) is 0 Å². The van der Waals surface area contributed by atoms with E-state index in [-0.39, 0.29) is 36.8 Å². The summed E-state index contributed by atoms with van der Waals surface area (Å²) < 4.78 is 35.5. The van der Waals surface area contributed by atoms with Crippen molar-refractivity contribution < 1.29 is 27.8 Å². The smallest absolute Gasteiger partial charge is 0.337 e. The van der Waals surface area contributed by atoms with Crippen LogP contribution in [0.4, 0.5) is 0 Å². The molecule has 0 fully saturated rings. The molecule has 0 radical (unpaired) electrons. The maximum Gasteiger partial charge on any atom is 0.337 e. The van der Waals surface area contributed by atoms with Gasteiger partial charge in [-0.15, -0.1) is 0 Å². The Morgan fingerprint density at radius 3 is 2.57 bits per heavy atom. The normalized spacial score (nSPS) is 11.6. The van der Waals surface area contributed by atoms with Crippen molar-refractivity contribution in [3.8, 4) is 0 Å². The quantitative estimate of drug-likeness (QED) is 0.684. The van der Waals surface area contributed by atoms with E-state index in [9.17, 15) is 13.2 Å². The number of benzene rings is 1. The third-order valence-electron chi connectivity index (χ3n) is 2.79. The average molecular weight is 317 g/mol. The first-order valence-corrected chi connectivity index (χ1v) is 7.69. The third-order valence-corrected chi connectivity index (χ3v) is 4.68. The zero-order valence-electron chi connectivity index (χ0n) is 12.0. The molecule has 8 heteroatoms. The number of esters is 1. The maximum atomic E-state index is 12.5. The lowest BCUT2D eigenvalue weighted by molar-refractivity contribution is 0.0600. The van der Waals surface area contributed by atoms with E-state index in [1.54, 1.807) is 0 Å². The Kier molecular flexibility index (Phi) is 6.76. The molecule has 0 saturated carbocycles. The van der Waals surface area contributed by atoms with Gasteiger partial charge in [-0.3, -0.25) is 0 Å². The minimum absolute atomic E-state index is 0.0325. The van der Waals surface area contributed by atoms with Gasteiger partial charge in [-0.25, -0.2) is 13.2 Å². The first kappa shape index (κ1) is 17.6. The highest BCUT2D eigenvalue weighted by Crippen LogP contribution is 2.17. The number of rotatable bonds is 8. The number of aliphatic hydroxyl groups excluding tert-OH is 1. The lowest BCUT2D eigenvalue weighted by Crippen LogP contribution is -2.36. The van der Waals surface area contributed by atoms with Gasteiger partial charge in [0.25, 0.3) is 0 Å². The number of ether oxygens (including phenoxy) is 2. The van der Waals surface area contributed by atoms with Crippen molar-refractivity contribution in [2.75, 3.05) is 40.5 Å². The fourth-order valence-corrected chi connectivity index (χ4v) is 3.17. The van der Waals surface area contributed by atoms with Gasteiger partial charge in [-0.2, -0.15) is 4.31 Å². The number of hydrogen-bond donors (Lipinski definition) is 1. The number of sulfonamides is 1. The largest absolute Gasteiger partial charge is 0.465 e. The second kappa shape index (κ2) is 8.08. The molecule has 7 nitrogen and oxygen atoms in total. The van der Waals surface area contributed by atoms with Gasteiger partial charge in [-0.05, 0) is 18.2 Å². The molecule has 1 aromatic rings. The van der Waals surface area contributed by atoms with E-state index in [0.29, 0.717) is 0 Å². The van der Waals surface area contributed by atoms with Crippen LogP contribution in [0.1, 0.15) is 10.4 Å². The standard InChI is InChI=1S/C13H19NO6S/c1-19-9-7-14(6-8-15)21(17,18)12-5-3-4-11(10-12)13(16)20-2/h3-5,10,15H,6-9H2,1-2H3. The molecule has 0 amide bonds. The number of carbonyl (C=O) groups excluding carboxylic acids is 1. The SMILES string of the molecule is COCCN(CCO)S(=O)(=O)c1cccc(C(=O)OC)c1. The Morgan fingerprint density at radius 1 is 1.29 bits per heavy atom. The van der Waals surface area contributed by atoms with Crippen LogP contribution in [0.15, 0.2) is 29.2 Å². The van der Waals surface area contributed by atoms with Crippen molar-refractivity contribution in [1.82, 2.24) is 4.31 Å². The van der Waals surface area contributed by atoms with Gasteiger partial charge in [-0.1, -0.05) is 6.07 Å². The highest BCUT2D eigenvalue weighted by atomic mass is 32.2. The molecule has 0 bridgehead atoms. The molecular formula is C13H19NO6S. The van der Waals surface area contributed by atoms with E-state index in [1.807, 2.05) is 0 Å². The predicted octanol–water partition coefficient (Wildman–Crippen LogP) is 0.103. The van der Waals surface area contributed by atoms with Gasteiger partial charge < -0.3 is 14.6 Å². The number of hydrogen-bond acceptors (Lipinski definition) is 6. The average Bonchev–Trinajstić information content (AvgIpc) is 2.50. The second-order valence-electron chi connectivity index (χ2n) is 4.14. The summed E-state index contributed by atoms with van der Waals surface area (Å²) in [6, 6.07) is 5.57. The minimum Gasteiger partial charge on any atom is -0.465 e. The van der Waals surface area contributed by atoms with E-state index in [4.69, 9.17) is 9.84 Å². The monoisotopic (exact) mass is 317 g/mol. The van der Waals surface area contributed by atoms with Crippen molar-refractivity contribution in [2.45, 2.75) is 4.90 Å². The molecular weight excluding hydrogens is 298 g/mol. The zero-order chi connectivity index (χ0) is 15.9. The number of carbonyl (C=O) groups is 1. The molecule has 0 aromatic heterocycles. The van der Waals surface area contributed by atoms with E-state index < -0.39 is 16.0 Å². The van der Waals surface area contributed by atoms with E-state index in [1.165, 1.54) is 38.5 Å². The van der Waals surface area contributed by atoms with Gasteiger partial charge in [0, 0.05) is 20.2 Å². The van der Waals surface area contributed by atoms with Crippen molar-refractivity contribution in [1.29, 1.82) is 0 Å². The summed E-state index contributed by atoms with van der Waals surface area (Å²) in [4.78, 5) is 11.4. The Morgan fingerprint density at radius 2 is 2.00 bits per heavy atom. The first-order valence-electron chi connectivity index (χ1n) is 6.25. The van der Waals surface area contributed by atoms with Crippen molar-refractivity contribution >= 4 is 16.0 Å². The molecule has 0 aliphatic heterocycles. The predicted molar refractivity (Wildman–Crippen MR) is 75.5 cm³/mol.